The molecule has 2 amide bonds. The Morgan fingerprint density at radius 2 is 1.40 bits per heavy atom. The van der Waals surface area contributed by atoms with Gasteiger partial charge in [0.15, 0.2) is 11.5 Å². The van der Waals surface area contributed by atoms with Gasteiger partial charge in [0.05, 0.1) is 34.1 Å². The van der Waals surface area contributed by atoms with Crippen molar-refractivity contribution >= 4 is 39.6 Å². The Labute approximate surface area is 202 Å². The number of rotatable bonds is 8. The average Bonchev–Trinajstić information content (AvgIpc) is 2.90. The van der Waals surface area contributed by atoms with Crippen LogP contribution in [0.3, 0.4) is 0 Å². The topological polar surface area (TPSA) is 98.2 Å². The van der Waals surface area contributed by atoms with Crippen LogP contribution in [0.5, 0.6) is 17.2 Å². The Balaban J connectivity index is 1.45. The zero-order chi connectivity index (χ0) is 24.8. The van der Waals surface area contributed by atoms with E-state index in [1.54, 1.807) is 6.21 Å². The van der Waals surface area contributed by atoms with Crippen LogP contribution >= 0.6 is 0 Å². The number of carbonyl (C=O) groups excluding carboxylic acids is 2. The maximum absolute atomic E-state index is 12.6. The van der Waals surface area contributed by atoms with Crippen molar-refractivity contribution < 1.29 is 23.8 Å². The third-order valence-corrected chi connectivity index (χ3v) is 5.53. The summed E-state index contributed by atoms with van der Waals surface area (Å²) in [5.74, 6) is 0.122. The predicted octanol–water partition coefficient (Wildman–Crippen LogP) is 3.90. The number of carbonyl (C=O) groups is 2. The molecule has 8 heteroatoms. The monoisotopic (exact) mass is 471 g/mol. The van der Waals surface area contributed by atoms with Crippen LogP contribution in [0.2, 0.25) is 0 Å². The molecule has 35 heavy (non-hydrogen) atoms. The Morgan fingerprint density at radius 1 is 0.829 bits per heavy atom. The maximum Gasteiger partial charge on any atom is 0.259 e. The van der Waals surface area contributed by atoms with E-state index in [2.05, 4.69) is 21.9 Å². The lowest BCUT2D eigenvalue weighted by Crippen LogP contribution is -2.35. The minimum absolute atomic E-state index is 0.261. The number of amides is 2. The second-order valence-corrected chi connectivity index (χ2v) is 7.62. The number of methoxy groups -OCH3 is 3. The van der Waals surface area contributed by atoms with Gasteiger partial charge in [-0.2, -0.15) is 5.10 Å². The summed E-state index contributed by atoms with van der Waals surface area (Å²) in [6.45, 7) is -0.261. The van der Waals surface area contributed by atoms with E-state index in [0.717, 1.165) is 27.1 Å². The van der Waals surface area contributed by atoms with Crippen LogP contribution in [0, 0.1) is 0 Å². The van der Waals surface area contributed by atoms with Gasteiger partial charge < -0.3 is 19.5 Å². The fourth-order valence-corrected chi connectivity index (χ4v) is 3.87. The van der Waals surface area contributed by atoms with Gasteiger partial charge in [-0.3, -0.25) is 9.59 Å². The van der Waals surface area contributed by atoms with E-state index in [9.17, 15) is 9.59 Å². The van der Waals surface area contributed by atoms with Crippen LogP contribution in [0.25, 0.3) is 21.5 Å². The second kappa shape index (κ2) is 10.6. The van der Waals surface area contributed by atoms with Gasteiger partial charge in [0, 0.05) is 11.1 Å². The Kier molecular flexibility index (Phi) is 7.11. The average molecular weight is 472 g/mol. The fraction of sp³-hybridized carbons (Fsp3) is 0.148. The van der Waals surface area contributed by atoms with Gasteiger partial charge in [0.2, 0.25) is 5.75 Å². The lowest BCUT2D eigenvalue weighted by molar-refractivity contribution is -0.120. The molecule has 0 heterocycles. The van der Waals surface area contributed by atoms with Crippen molar-refractivity contribution in [2.45, 2.75) is 0 Å². The van der Waals surface area contributed by atoms with Crippen LogP contribution in [-0.2, 0) is 4.79 Å². The highest BCUT2D eigenvalue weighted by atomic mass is 16.5. The molecule has 2 N–H and O–H groups in total. The number of fused-ring (bicyclic) bond motifs is 2. The lowest BCUT2D eigenvalue weighted by Gasteiger charge is -2.14. The number of ether oxygens (including phenoxy) is 3. The molecule has 0 bridgehead atoms. The molecule has 0 atom stereocenters. The van der Waals surface area contributed by atoms with Crippen LogP contribution in [0.1, 0.15) is 15.9 Å². The van der Waals surface area contributed by atoms with E-state index in [-0.39, 0.29) is 12.1 Å². The fourth-order valence-electron chi connectivity index (χ4n) is 3.87. The number of nitrogens with one attached hydrogen (secondary N) is 2. The highest BCUT2D eigenvalue weighted by Gasteiger charge is 2.17. The van der Waals surface area contributed by atoms with Crippen LogP contribution < -0.4 is 25.0 Å². The smallest absolute Gasteiger partial charge is 0.259 e. The first-order chi connectivity index (χ1) is 17.0. The van der Waals surface area contributed by atoms with Gasteiger partial charge >= 0.3 is 0 Å². The van der Waals surface area contributed by atoms with Crippen LogP contribution in [-0.4, -0.2) is 45.9 Å². The van der Waals surface area contributed by atoms with Crippen LogP contribution in [0.4, 0.5) is 0 Å². The van der Waals surface area contributed by atoms with Crippen molar-refractivity contribution in [2.75, 3.05) is 27.9 Å². The van der Waals surface area contributed by atoms with Crippen LogP contribution in [0.15, 0.2) is 71.8 Å². The van der Waals surface area contributed by atoms with E-state index >= 15 is 0 Å². The molecular formula is C27H25N3O5. The molecule has 0 aliphatic heterocycles. The third kappa shape index (κ3) is 5.01. The molecule has 8 nitrogen and oxygen atoms in total. The molecule has 4 aromatic carbocycles. The van der Waals surface area contributed by atoms with Gasteiger partial charge in [-0.1, -0.05) is 48.5 Å². The normalized spacial score (nSPS) is 10.9. The summed E-state index contributed by atoms with van der Waals surface area (Å²) >= 11 is 0. The SMILES string of the molecule is COc1cc(C(=O)NCC(=O)NN=Cc2c3ccccc3cc3ccccc23)cc(OC)c1OC. The van der Waals surface area contributed by atoms with Gasteiger partial charge in [-0.15, -0.1) is 0 Å². The van der Waals surface area contributed by atoms with Crippen molar-refractivity contribution in [1.29, 1.82) is 0 Å². The van der Waals surface area contributed by atoms with E-state index in [1.165, 1.54) is 33.5 Å². The number of benzene rings is 4. The first kappa shape index (κ1) is 23.6. The summed E-state index contributed by atoms with van der Waals surface area (Å²) in [5, 5.41) is 10.9. The summed E-state index contributed by atoms with van der Waals surface area (Å²) in [6, 6.07) is 21.2. The third-order valence-electron chi connectivity index (χ3n) is 5.53. The summed E-state index contributed by atoms with van der Waals surface area (Å²) in [4.78, 5) is 24.9. The molecule has 0 saturated heterocycles. The quantitative estimate of drug-likeness (QED) is 0.231. The van der Waals surface area contributed by atoms with E-state index in [4.69, 9.17) is 14.2 Å². The van der Waals surface area contributed by atoms with Crippen molar-refractivity contribution in [3.63, 3.8) is 0 Å². The predicted molar refractivity (Wildman–Crippen MR) is 136 cm³/mol. The van der Waals surface area contributed by atoms with Gasteiger partial charge in [0.25, 0.3) is 11.8 Å². The minimum Gasteiger partial charge on any atom is -0.493 e. The zero-order valence-corrected chi connectivity index (χ0v) is 19.6. The number of hydrogen-bond acceptors (Lipinski definition) is 6. The Bertz CT molecular complexity index is 1350. The summed E-state index contributed by atoms with van der Waals surface area (Å²) in [7, 11) is 4.40. The number of hydrazone groups is 1. The molecule has 4 aromatic rings. The van der Waals surface area contributed by atoms with Gasteiger partial charge in [-0.25, -0.2) is 5.43 Å². The van der Waals surface area contributed by atoms with Crippen molar-refractivity contribution in [2.24, 2.45) is 5.10 Å². The summed E-state index contributed by atoms with van der Waals surface area (Å²) < 4.78 is 15.8. The van der Waals surface area contributed by atoms with Gasteiger partial charge in [-0.05, 0) is 39.7 Å². The second-order valence-electron chi connectivity index (χ2n) is 7.62. The molecule has 0 aliphatic rings. The number of hydrogen-bond donors (Lipinski definition) is 2. The molecule has 0 unspecified atom stereocenters. The highest BCUT2D eigenvalue weighted by Crippen LogP contribution is 2.38. The van der Waals surface area contributed by atoms with Crippen molar-refractivity contribution in [3.8, 4) is 17.2 Å². The van der Waals surface area contributed by atoms with E-state index in [0.29, 0.717) is 17.2 Å². The first-order valence-electron chi connectivity index (χ1n) is 10.9. The highest BCUT2D eigenvalue weighted by molar-refractivity contribution is 6.13. The zero-order valence-electron chi connectivity index (χ0n) is 19.6. The van der Waals surface area contributed by atoms with Crippen molar-refractivity contribution in [3.05, 3.63) is 77.9 Å². The summed E-state index contributed by atoms with van der Waals surface area (Å²) in [5.41, 5.74) is 3.64. The standard InChI is InChI=1S/C27H25N3O5/c1-33-23-13-19(14-24(34-2)26(23)35-3)27(32)28-16-25(31)30-29-15-22-20-10-6-4-8-17(20)12-18-9-5-7-11-21(18)22/h4-15H,16H2,1-3H3,(H,28,32)(H,30,31). The van der Waals surface area contributed by atoms with E-state index < -0.39 is 11.8 Å². The largest absolute Gasteiger partial charge is 0.493 e. The lowest BCUT2D eigenvalue weighted by atomic mass is 9.97. The molecule has 0 fully saturated rings. The molecular weight excluding hydrogens is 446 g/mol. The minimum atomic E-state index is -0.469. The van der Waals surface area contributed by atoms with E-state index in [1.807, 2.05) is 48.5 Å². The molecule has 0 aromatic heterocycles. The molecule has 0 spiro atoms. The van der Waals surface area contributed by atoms with Crippen molar-refractivity contribution in [1.82, 2.24) is 10.7 Å². The maximum atomic E-state index is 12.6. The molecule has 0 saturated carbocycles. The molecule has 178 valence electrons. The molecule has 4 rings (SSSR count). The van der Waals surface area contributed by atoms with Gasteiger partial charge in [0.1, 0.15) is 0 Å². The molecule has 0 radical (unpaired) electrons. The first-order valence-corrected chi connectivity index (χ1v) is 10.9. The Hall–Kier alpha value is -4.59. The summed E-state index contributed by atoms with van der Waals surface area (Å²) in [6.07, 6.45) is 1.63. The molecule has 0 aliphatic carbocycles. The Morgan fingerprint density at radius 3 is 1.94 bits per heavy atom. The number of nitrogens with zero attached hydrogens (tertiary/aromatic N) is 1.